The third-order valence-electron chi connectivity index (χ3n) is 6.71. The first-order valence-electron chi connectivity index (χ1n) is 13.9. The van der Waals surface area contributed by atoms with Crippen molar-refractivity contribution in [3.8, 4) is 11.1 Å². The van der Waals surface area contributed by atoms with E-state index in [9.17, 15) is 39.9 Å². The van der Waals surface area contributed by atoms with Crippen molar-refractivity contribution in [1.29, 1.82) is 0 Å². The van der Waals surface area contributed by atoms with Crippen LogP contribution in [0.25, 0.3) is 21.2 Å². The SMILES string of the molecule is NCC(Cn1ncn(Cc2cc3cc(-c4ccc(N5CCNCC5)cc4)ccc3s2)c1=O)=C(F)F.O=C(O)C(F)(F)F.O=C(O)C(F)(F)F. The van der Waals surface area contributed by atoms with Gasteiger partial charge in [-0.1, -0.05) is 18.2 Å². The van der Waals surface area contributed by atoms with Gasteiger partial charge in [-0.25, -0.2) is 19.1 Å². The van der Waals surface area contributed by atoms with Gasteiger partial charge in [0.25, 0.3) is 6.08 Å². The van der Waals surface area contributed by atoms with E-state index in [4.69, 9.17) is 25.5 Å². The molecule has 49 heavy (non-hydrogen) atoms. The number of hydrogen-bond acceptors (Lipinski definition) is 8. The van der Waals surface area contributed by atoms with Crippen molar-refractivity contribution in [2.75, 3.05) is 37.6 Å². The highest BCUT2D eigenvalue weighted by Crippen LogP contribution is 2.31. The van der Waals surface area contributed by atoms with Crippen LogP contribution in [0.3, 0.4) is 0 Å². The maximum atomic E-state index is 12.9. The van der Waals surface area contributed by atoms with E-state index in [1.54, 1.807) is 11.3 Å². The summed E-state index contributed by atoms with van der Waals surface area (Å²) in [6, 6.07) is 17.1. The predicted octanol–water partition coefficient (Wildman–Crippen LogP) is 4.76. The number of nitrogens with one attached hydrogen (secondary N) is 1. The molecule has 1 aliphatic heterocycles. The zero-order valence-electron chi connectivity index (χ0n) is 25.1. The monoisotopic (exact) mass is 724 g/mol. The molecule has 2 aromatic carbocycles. The Kier molecular flexibility index (Phi) is 13.0. The summed E-state index contributed by atoms with van der Waals surface area (Å²) in [7, 11) is 0. The fourth-order valence-corrected chi connectivity index (χ4v) is 5.33. The van der Waals surface area contributed by atoms with Crippen LogP contribution in [-0.2, 0) is 22.7 Å². The van der Waals surface area contributed by atoms with Crippen molar-refractivity contribution >= 4 is 39.0 Å². The fraction of sp³-hybridized carbons (Fsp3) is 0.310. The van der Waals surface area contributed by atoms with Gasteiger partial charge in [-0.3, -0.25) is 4.57 Å². The second-order valence-corrected chi connectivity index (χ2v) is 11.3. The molecule has 3 heterocycles. The van der Waals surface area contributed by atoms with Crippen LogP contribution in [-0.4, -0.2) is 81.6 Å². The number of nitrogens with two attached hydrogens (primary N) is 1. The Balaban J connectivity index is 0.000000392. The van der Waals surface area contributed by atoms with Crippen molar-refractivity contribution in [2.45, 2.75) is 25.4 Å². The van der Waals surface area contributed by atoms with Gasteiger partial charge in [-0.05, 0) is 46.8 Å². The molecular weight excluding hydrogens is 696 g/mol. The number of benzene rings is 2. The highest BCUT2D eigenvalue weighted by molar-refractivity contribution is 7.19. The molecule has 1 saturated heterocycles. The van der Waals surface area contributed by atoms with E-state index >= 15 is 0 Å². The summed E-state index contributed by atoms with van der Waals surface area (Å²) in [5, 5.41) is 22.7. The average molecular weight is 725 g/mol. The number of piperazine rings is 1. The van der Waals surface area contributed by atoms with Crippen molar-refractivity contribution in [3.63, 3.8) is 0 Å². The Hall–Kier alpha value is -4.82. The second kappa shape index (κ2) is 16.5. The van der Waals surface area contributed by atoms with E-state index in [2.05, 4.69) is 63.8 Å². The average Bonchev–Trinajstić information content (AvgIpc) is 3.61. The number of fused-ring (bicyclic) bond motifs is 1. The highest BCUT2D eigenvalue weighted by Gasteiger charge is 2.38. The summed E-state index contributed by atoms with van der Waals surface area (Å²) in [6.07, 6.45) is -10.7. The highest BCUT2D eigenvalue weighted by atomic mass is 32.1. The van der Waals surface area contributed by atoms with Crippen LogP contribution in [0.4, 0.5) is 40.8 Å². The first-order chi connectivity index (χ1) is 22.9. The number of carboxylic acids is 2. The summed E-state index contributed by atoms with van der Waals surface area (Å²) in [5.74, 6) is -5.51. The zero-order chi connectivity index (χ0) is 36.5. The quantitative estimate of drug-likeness (QED) is 0.198. The summed E-state index contributed by atoms with van der Waals surface area (Å²) < 4.78 is 92.8. The van der Waals surface area contributed by atoms with Crippen molar-refractivity contribution in [2.24, 2.45) is 5.73 Å². The molecular formula is C29H28F8N6O5S. The standard InChI is InChI=1S/C25H26F2N6OS.2C2HF3O2/c26-24(27)20(13-28)14-33-25(34)32(16-30-33)15-22-12-19-11-18(3-6-23(19)35-22)17-1-4-21(5-2-17)31-9-7-29-8-10-31;2*3-2(4,5)1(6)7/h1-6,11-12,16,29H,7-10,13-15,28H2;2*(H,6,7). The van der Waals surface area contributed by atoms with Crippen LogP contribution in [0.2, 0.25) is 0 Å². The van der Waals surface area contributed by atoms with Gasteiger partial charge in [-0.15, -0.1) is 11.3 Å². The first kappa shape index (κ1) is 38.6. The Morgan fingerprint density at radius 3 is 1.96 bits per heavy atom. The predicted molar refractivity (Wildman–Crippen MR) is 164 cm³/mol. The number of rotatable bonds is 7. The molecule has 0 unspecified atom stereocenters. The summed E-state index contributed by atoms with van der Waals surface area (Å²) in [4.78, 5) is 33.8. The number of carboxylic acid groups (broad SMARTS) is 2. The minimum Gasteiger partial charge on any atom is -0.475 e. The molecule has 1 fully saturated rings. The Bertz CT molecular complexity index is 1800. The summed E-state index contributed by atoms with van der Waals surface area (Å²) in [6.45, 7) is 3.74. The number of carbonyl (C=O) groups is 2. The summed E-state index contributed by atoms with van der Waals surface area (Å²) in [5.41, 5.74) is 8.13. The van der Waals surface area contributed by atoms with E-state index in [0.717, 1.165) is 57.0 Å². The van der Waals surface area contributed by atoms with Gasteiger partial charge in [0.05, 0.1) is 13.1 Å². The molecule has 266 valence electrons. The topological polar surface area (TPSA) is 156 Å². The van der Waals surface area contributed by atoms with E-state index in [0.29, 0.717) is 6.54 Å². The number of anilines is 1. The van der Waals surface area contributed by atoms with Crippen LogP contribution in [0.15, 0.2) is 71.3 Å². The number of aliphatic carboxylic acids is 2. The molecule has 4 aromatic rings. The normalized spacial score (nSPS) is 13.2. The Morgan fingerprint density at radius 2 is 1.45 bits per heavy atom. The maximum Gasteiger partial charge on any atom is 0.490 e. The number of hydrogen-bond donors (Lipinski definition) is 4. The minimum atomic E-state index is -5.08. The van der Waals surface area contributed by atoms with Gasteiger partial charge in [0.15, 0.2) is 0 Å². The molecule has 5 rings (SSSR count). The maximum absolute atomic E-state index is 12.9. The molecule has 5 N–H and O–H groups in total. The molecule has 0 bridgehead atoms. The smallest absolute Gasteiger partial charge is 0.475 e. The molecule has 0 atom stereocenters. The van der Waals surface area contributed by atoms with E-state index in [1.807, 2.05) is 0 Å². The van der Waals surface area contributed by atoms with E-state index in [-0.39, 0.29) is 18.7 Å². The van der Waals surface area contributed by atoms with Gasteiger partial charge in [-0.2, -0.15) is 40.2 Å². The molecule has 11 nitrogen and oxygen atoms in total. The molecule has 2 aromatic heterocycles. The molecule has 1 aliphatic rings. The van der Waals surface area contributed by atoms with E-state index in [1.165, 1.54) is 16.6 Å². The van der Waals surface area contributed by atoms with Crippen LogP contribution in [0, 0.1) is 0 Å². The molecule has 0 radical (unpaired) electrons. The lowest BCUT2D eigenvalue weighted by molar-refractivity contribution is -0.193. The van der Waals surface area contributed by atoms with E-state index < -0.39 is 36.1 Å². The van der Waals surface area contributed by atoms with Gasteiger partial charge >= 0.3 is 30.0 Å². The van der Waals surface area contributed by atoms with Crippen LogP contribution in [0.5, 0.6) is 0 Å². The lowest BCUT2D eigenvalue weighted by Gasteiger charge is -2.29. The number of nitrogens with zero attached hydrogens (tertiary/aromatic N) is 4. The molecule has 0 saturated carbocycles. The third-order valence-corrected chi connectivity index (χ3v) is 7.81. The van der Waals surface area contributed by atoms with Gasteiger partial charge in [0.2, 0.25) is 0 Å². The zero-order valence-corrected chi connectivity index (χ0v) is 25.9. The van der Waals surface area contributed by atoms with Crippen molar-refractivity contribution in [3.05, 3.63) is 81.9 Å². The summed E-state index contributed by atoms with van der Waals surface area (Å²) >= 11 is 1.60. The lowest BCUT2D eigenvalue weighted by Crippen LogP contribution is -2.43. The Labute approximate surface area is 275 Å². The first-order valence-corrected chi connectivity index (χ1v) is 14.8. The van der Waals surface area contributed by atoms with Gasteiger partial charge in [0.1, 0.15) is 6.33 Å². The van der Waals surface area contributed by atoms with Crippen LogP contribution < -0.4 is 21.6 Å². The minimum absolute atomic E-state index is 0.298. The largest absolute Gasteiger partial charge is 0.490 e. The van der Waals surface area contributed by atoms with Gasteiger partial charge < -0.3 is 26.2 Å². The molecule has 20 heteroatoms. The third kappa shape index (κ3) is 11.1. The van der Waals surface area contributed by atoms with Crippen LogP contribution in [0.1, 0.15) is 4.88 Å². The molecule has 0 amide bonds. The van der Waals surface area contributed by atoms with Gasteiger partial charge in [0, 0.05) is 53.6 Å². The molecule has 0 spiro atoms. The fourth-order valence-electron chi connectivity index (χ4n) is 4.28. The number of halogens is 8. The Morgan fingerprint density at radius 1 is 0.898 bits per heavy atom. The number of aromatic nitrogens is 3. The number of thiophene rings is 1. The van der Waals surface area contributed by atoms with Crippen molar-refractivity contribution < 1.29 is 54.9 Å². The van der Waals surface area contributed by atoms with Crippen molar-refractivity contribution in [1.82, 2.24) is 19.7 Å². The lowest BCUT2D eigenvalue weighted by atomic mass is 10.0. The second-order valence-electron chi connectivity index (χ2n) is 10.1. The molecule has 0 aliphatic carbocycles. The van der Waals surface area contributed by atoms with Crippen LogP contribution >= 0.6 is 11.3 Å². The number of alkyl halides is 6.